The van der Waals surface area contributed by atoms with Crippen molar-refractivity contribution in [2.45, 2.75) is 114 Å². The van der Waals surface area contributed by atoms with Crippen molar-refractivity contribution in [3.05, 3.63) is 53.6 Å². The first-order valence-electron chi connectivity index (χ1n) is 18.9. The number of ether oxygens (including phenoxy) is 2. The molecule has 4 aliphatic rings. The molecule has 1 aromatic carbocycles. The minimum atomic E-state index is -4.01. The number of rotatable bonds is 9. The number of halogens is 1. The fourth-order valence-electron chi connectivity index (χ4n) is 7.56. The third-order valence-electron chi connectivity index (χ3n) is 11.1. The number of carboxylic acid groups (broad SMARTS) is 1. The van der Waals surface area contributed by atoms with E-state index in [-0.39, 0.29) is 37.3 Å². The van der Waals surface area contributed by atoms with Crippen molar-refractivity contribution in [3.63, 3.8) is 0 Å². The molecular formula is C39H50ClN5O9S. The molecule has 3 heterocycles. The van der Waals surface area contributed by atoms with E-state index in [9.17, 15) is 32.7 Å². The Bertz CT molecular complexity index is 1950. The molecule has 298 valence electrons. The summed E-state index contributed by atoms with van der Waals surface area (Å²) in [5.74, 6) is -2.07. The number of nitrogens with zero attached hydrogens (tertiary/aromatic N) is 2. The smallest absolute Gasteiger partial charge is 0.405 e. The molecule has 1 saturated heterocycles. The van der Waals surface area contributed by atoms with Gasteiger partial charge in [0.25, 0.3) is 5.91 Å². The van der Waals surface area contributed by atoms with Crippen LogP contribution in [0.3, 0.4) is 0 Å². The van der Waals surface area contributed by atoms with Gasteiger partial charge >= 0.3 is 6.09 Å². The van der Waals surface area contributed by atoms with Crippen molar-refractivity contribution in [2.24, 2.45) is 17.8 Å². The van der Waals surface area contributed by atoms with Crippen molar-refractivity contribution in [1.82, 2.24) is 25.2 Å². The molecule has 2 aliphatic heterocycles. The molecule has 4 amide bonds. The zero-order valence-electron chi connectivity index (χ0n) is 31.7. The molecule has 14 nitrogen and oxygen atoms in total. The average molecular weight is 800 g/mol. The van der Waals surface area contributed by atoms with Crippen LogP contribution in [-0.2, 0) is 24.4 Å². The molecule has 4 N–H and O–H groups in total. The van der Waals surface area contributed by atoms with Crippen LogP contribution in [0.1, 0.15) is 79.6 Å². The van der Waals surface area contributed by atoms with Gasteiger partial charge in [0.15, 0.2) is 0 Å². The summed E-state index contributed by atoms with van der Waals surface area (Å²) in [5.41, 5.74) is -0.293. The van der Waals surface area contributed by atoms with Crippen molar-refractivity contribution >= 4 is 45.4 Å². The Morgan fingerprint density at radius 1 is 1.11 bits per heavy atom. The van der Waals surface area contributed by atoms with Gasteiger partial charge in [0.05, 0.1) is 23.1 Å². The second-order valence-corrected chi connectivity index (χ2v) is 18.7. The maximum absolute atomic E-state index is 14.4. The number of sulfonamides is 1. The van der Waals surface area contributed by atoms with Crippen LogP contribution in [0.5, 0.6) is 11.6 Å². The summed E-state index contributed by atoms with van der Waals surface area (Å²) < 4.78 is 39.5. The topological polar surface area (TPSA) is 193 Å². The standard InChI is InChI=1S/C39H50ClN5O9S/c1-22(2)53-28-12-10-25(11-13-28)30-17-27(40)18-32(41-30)54-29-19-31-34(46)43-39(36(48)44-55(51,52)38(5)14-15-38)20-26(39)9-7-6-8-23(3)16-24(4)33(42-37(49)50)35(47)45(31)21-29/h7,9-13,17-18,22-24,26,29,31,33,42H,6,8,14-16,19-21H2,1-5H3,(H,43,46)(H,44,48)(H,49,50)/t23-,24+,26+,29+,31-,33-,39+/m0/s1. The van der Waals surface area contributed by atoms with E-state index in [1.54, 1.807) is 19.9 Å². The fraction of sp³-hybridized carbons (Fsp3) is 0.564. The number of hydrogen-bond acceptors (Lipinski definition) is 9. The first kappa shape index (κ1) is 40.3. The largest absolute Gasteiger partial charge is 0.491 e. The summed E-state index contributed by atoms with van der Waals surface area (Å²) >= 11 is 6.52. The molecule has 0 unspecified atom stereocenters. The zero-order valence-corrected chi connectivity index (χ0v) is 33.3. The van der Waals surface area contributed by atoms with E-state index in [2.05, 4.69) is 20.3 Å². The molecule has 3 fully saturated rings. The van der Waals surface area contributed by atoms with Crippen LogP contribution in [0.4, 0.5) is 4.79 Å². The second-order valence-electron chi connectivity index (χ2n) is 16.1. The van der Waals surface area contributed by atoms with Gasteiger partial charge in [0.1, 0.15) is 29.5 Å². The molecule has 16 heteroatoms. The van der Waals surface area contributed by atoms with Gasteiger partial charge in [0.2, 0.25) is 27.7 Å². The minimum Gasteiger partial charge on any atom is -0.491 e. The second kappa shape index (κ2) is 15.6. The summed E-state index contributed by atoms with van der Waals surface area (Å²) in [6.45, 7) is 9.17. The Kier molecular flexibility index (Phi) is 11.5. The number of allylic oxidation sites excluding steroid dienone is 1. The predicted octanol–water partition coefficient (Wildman–Crippen LogP) is 5.06. The number of carbonyl (C=O) groups is 4. The number of benzene rings is 1. The number of amides is 4. The van der Waals surface area contributed by atoms with Crippen molar-refractivity contribution in [1.29, 1.82) is 0 Å². The van der Waals surface area contributed by atoms with E-state index < -0.39 is 74.1 Å². The maximum Gasteiger partial charge on any atom is 0.405 e. The summed E-state index contributed by atoms with van der Waals surface area (Å²) in [4.78, 5) is 60.5. The van der Waals surface area contributed by atoms with Gasteiger partial charge in [0, 0.05) is 29.0 Å². The third kappa shape index (κ3) is 9.04. The molecule has 1 aromatic heterocycles. The fourth-order valence-corrected chi connectivity index (χ4v) is 9.07. The van der Waals surface area contributed by atoms with Crippen molar-refractivity contribution in [2.75, 3.05) is 6.54 Å². The van der Waals surface area contributed by atoms with E-state index >= 15 is 0 Å². The van der Waals surface area contributed by atoms with Crippen LogP contribution in [0.2, 0.25) is 5.02 Å². The first-order chi connectivity index (χ1) is 25.9. The highest BCUT2D eigenvalue weighted by atomic mass is 35.5. The van der Waals surface area contributed by atoms with E-state index in [0.29, 0.717) is 42.1 Å². The lowest BCUT2D eigenvalue weighted by atomic mass is 9.88. The van der Waals surface area contributed by atoms with Crippen molar-refractivity contribution in [3.8, 4) is 22.9 Å². The molecule has 0 bridgehead atoms. The van der Waals surface area contributed by atoms with Crippen molar-refractivity contribution < 1.29 is 42.2 Å². The summed E-state index contributed by atoms with van der Waals surface area (Å²) in [5, 5.41) is 15.4. The summed E-state index contributed by atoms with van der Waals surface area (Å²) in [6.07, 6.45) is 4.49. The number of hydrogen-bond donors (Lipinski definition) is 4. The van der Waals surface area contributed by atoms with Gasteiger partial charge < -0.3 is 30.1 Å². The van der Waals surface area contributed by atoms with Gasteiger partial charge in [-0.05, 0) is 101 Å². The first-order valence-corrected chi connectivity index (χ1v) is 20.7. The third-order valence-corrected chi connectivity index (χ3v) is 13.5. The monoisotopic (exact) mass is 799 g/mol. The molecule has 0 radical (unpaired) electrons. The van der Waals surface area contributed by atoms with Gasteiger partial charge in [-0.15, -0.1) is 0 Å². The molecule has 7 atom stereocenters. The molecule has 2 aromatic rings. The van der Waals surface area contributed by atoms with Crippen LogP contribution in [-0.4, -0.2) is 88.3 Å². The van der Waals surface area contributed by atoms with Crippen LogP contribution in [0.25, 0.3) is 11.3 Å². The molecule has 6 rings (SSSR count). The Hall–Kier alpha value is -4.37. The van der Waals surface area contributed by atoms with Crippen LogP contribution in [0, 0.1) is 17.8 Å². The number of carbonyl (C=O) groups excluding carboxylic acids is 3. The van der Waals surface area contributed by atoms with E-state index in [1.165, 1.54) is 11.0 Å². The average Bonchev–Trinajstić information content (AvgIpc) is 3.98. The van der Waals surface area contributed by atoms with Gasteiger partial charge in [-0.25, -0.2) is 18.2 Å². The molecule has 55 heavy (non-hydrogen) atoms. The lowest BCUT2D eigenvalue weighted by Crippen LogP contribution is -2.59. The number of nitrogens with one attached hydrogen (secondary N) is 3. The van der Waals surface area contributed by atoms with E-state index in [4.69, 9.17) is 21.1 Å². The van der Waals surface area contributed by atoms with Gasteiger partial charge in [-0.1, -0.05) is 37.6 Å². The molecular weight excluding hydrogens is 750 g/mol. The van der Waals surface area contributed by atoms with Crippen LogP contribution < -0.4 is 24.8 Å². The Balaban J connectivity index is 1.30. The SMILES string of the molecule is CC(C)Oc1ccc(-c2cc(Cl)cc(O[C@@H]3C[C@H]4C(=O)N[C@]5(C(=O)NS(=O)(=O)C6(C)CC6)C[C@H]5C=CCC[C@H](C)C[C@@H](C)[C@H](NC(=O)O)C(=O)N4C3)n2)cc1. The zero-order chi connectivity index (χ0) is 39.9. The number of pyridine rings is 1. The predicted molar refractivity (Wildman–Crippen MR) is 205 cm³/mol. The lowest BCUT2D eigenvalue weighted by molar-refractivity contribution is -0.142. The Labute approximate surface area is 326 Å². The number of aromatic nitrogens is 1. The Morgan fingerprint density at radius 2 is 1.82 bits per heavy atom. The van der Waals surface area contributed by atoms with Gasteiger partial charge in [-0.3, -0.25) is 19.1 Å². The van der Waals surface area contributed by atoms with E-state index in [0.717, 1.165) is 12.0 Å². The van der Waals surface area contributed by atoms with Crippen LogP contribution in [0.15, 0.2) is 48.6 Å². The van der Waals surface area contributed by atoms with Gasteiger partial charge in [-0.2, -0.15) is 0 Å². The van der Waals surface area contributed by atoms with Crippen LogP contribution >= 0.6 is 11.6 Å². The highest BCUT2D eigenvalue weighted by molar-refractivity contribution is 7.91. The minimum absolute atomic E-state index is 0.00370. The quantitative estimate of drug-likeness (QED) is 0.249. The summed E-state index contributed by atoms with van der Waals surface area (Å²) in [6, 6.07) is 8.17. The summed E-state index contributed by atoms with van der Waals surface area (Å²) in [7, 11) is -4.01. The lowest BCUT2D eigenvalue weighted by Gasteiger charge is -2.32. The molecule has 0 spiro atoms. The van der Waals surface area contributed by atoms with E-state index in [1.807, 2.05) is 57.2 Å². The Morgan fingerprint density at radius 3 is 2.47 bits per heavy atom. The maximum atomic E-state index is 14.4. The highest BCUT2D eigenvalue weighted by Crippen LogP contribution is 2.47. The molecule has 2 saturated carbocycles. The number of fused-ring (bicyclic) bond motifs is 2. The highest BCUT2D eigenvalue weighted by Gasteiger charge is 2.63. The normalized spacial score (nSPS) is 29.2. The molecule has 2 aliphatic carbocycles.